The summed E-state index contributed by atoms with van der Waals surface area (Å²) in [5.41, 5.74) is 4.66. The van der Waals surface area contributed by atoms with E-state index in [1.807, 2.05) is 12.1 Å². The maximum absolute atomic E-state index is 10.8. The first-order valence-electron chi connectivity index (χ1n) is 8.54. The molecule has 1 heterocycles. The molecular weight excluding hydrogens is 310 g/mol. The van der Waals surface area contributed by atoms with Crippen molar-refractivity contribution in [1.82, 2.24) is 4.57 Å². The van der Waals surface area contributed by atoms with Crippen LogP contribution in [0.2, 0.25) is 0 Å². The number of hydrogen-bond acceptors (Lipinski definition) is 1. The number of nitrogens with zero attached hydrogens (tertiary/aromatic N) is 1. The molecule has 124 valence electrons. The van der Waals surface area contributed by atoms with E-state index >= 15 is 0 Å². The molecule has 0 radical (unpaired) electrons. The first-order valence-corrected chi connectivity index (χ1v) is 8.54. The van der Waals surface area contributed by atoms with Crippen LogP contribution in [0.25, 0.3) is 27.5 Å². The second-order valence-corrected chi connectivity index (χ2v) is 6.25. The Morgan fingerprint density at radius 1 is 0.800 bits per heavy atom. The van der Waals surface area contributed by atoms with Crippen molar-refractivity contribution in [3.8, 4) is 5.69 Å². The number of carboxylic acids is 1. The number of aryl methyl sites for hydroxylation is 1. The summed E-state index contributed by atoms with van der Waals surface area (Å²) in [6.07, 6.45) is 1.59. The lowest BCUT2D eigenvalue weighted by Gasteiger charge is -2.13. The van der Waals surface area contributed by atoms with Crippen LogP contribution in [-0.4, -0.2) is 15.6 Å². The van der Waals surface area contributed by atoms with Crippen LogP contribution in [-0.2, 0) is 11.2 Å². The number of benzene rings is 3. The van der Waals surface area contributed by atoms with Gasteiger partial charge in [-0.25, -0.2) is 0 Å². The summed E-state index contributed by atoms with van der Waals surface area (Å²) >= 11 is 0. The molecule has 3 nitrogen and oxygen atoms in total. The molecule has 0 spiro atoms. The van der Waals surface area contributed by atoms with Gasteiger partial charge in [0, 0.05) is 22.9 Å². The van der Waals surface area contributed by atoms with Gasteiger partial charge in [-0.2, -0.15) is 0 Å². The molecule has 0 aliphatic rings. The third-order valence-electron chi connectivity index (χ3n) is 4.65. The number of para-hydroxylation sites is 3. The van der Waals surface area contributed by atoms with Crippen LogP contribution in [0.4, 0.5) is 0 Å². The van der Waals surface area contributed by atoms with E-state index in [4.69, 9.17) is 5.11 Å². The molecule has 0 unspecified atom stereocenters. The molecule has 1 aromatic heterocycles. The van der Waals surface area contributed by atoms with Gasteiger partial charge < -0.3 is 9.67 Å². The van der Waals surface area contributed by atoms with Gasteiger partial charge in [-0.1, -0.05) is 54.6 Å². The minimum atomic E-state index is -0.741. The highest BCUT2D eigenvalue weighted by atomic mass is 16.4. The fourth-order valence-electron chi connectivity index (χ4n) is 3.55. The lowest BCUT2D eigenvalue weighted by atomic mass is 10.1. The molecule has 0 saturated carbocycles. The molecule has 0 fully saturated rings. The summed E-state index contributed by atoms with van der Waals surface area (Å²) in [5, 5.41) is 11.4. The number of carbonyl (C=O) groups is 1. The Hall–Kier alpha value is -3.07. The summed E-state index contributed by atoms with van der Waals surface area (Å²) < 4.78 is 2.29. The van der Waals surface area contributed by atoms with E-state index in [2.05, 4.69) is 65.2 Å². The highest BCUT2D eigenvalue weighted by Gasteiger charge is 2.13. The maximum atomic E-state index is 10.8. The summed E-state index contributed by atoms with van der Waals surface area (Å²) in [6.45, 7) is 0. The minimum Gasteiger partial charge on any atom is -0.481 e. The molecule has 1 N–H and O–H groups in total. The van der Waals surface area contributed by atoms with Crippen molar-refractivity contribution in [2.24, 2.45) is 0 Å². The van der Waals surface area contributed by atoms with Gasteiger partial charge in [0.05, 0.1) is 11.0 Å². The van der Waals surface area contributed by atoms with Crippen molar-refractivity contribution in [3.63, 3.8) is 0 Å². The van der Waals surface area contributed by atoms with Crippen LogP contribution in [0.3, 0.4) is 0 Å². The highest BCUT2D eigenvalue weighted by molar-refractivity contribution is 6.09. The average Bonchev–Trinajstić information content (AvgIpc) is 2.96. The number of fused-ring (bicyclic) bond motifs is 3. The van der Waals surface area contributed by atoms with Crippen LogP contribution in [0.1, 0.15) is 18.4 Å². The summed E-state index contributed by atoms with van der Waals surface area (Å²) in [6, 6.07) is 25.1. The lowest BCUT2D eigenvalue weighted by molar-refractivity contribution is -0.137. The van der Waals surface area contributed by atoms with E-state index in [1.165, 1.54) is 27.4 Å². The molecule has 0 bridgehead atoms. The van der Waals surface area contributed by atoms with Crippen molar-refractivity contribution in [2.45, 2.75) is 19.3 Å². The quantitative estimate of drug-likeness (QED) is 0.547. The van der Waals surface area contributed by atoms with Crippen molar-refractivity contribution in [1.29, 1.82) is 0 Å². The molecule has 0 saturated heterocycles. The summed E-state index contributed by atoms with van der Waals surface area (Å²) in [5.74, 6) is -0.741. The fourth-order valence-corrected chi connectivity index (χ4v) is 3.55. The molecule has 25 heavy (non-hydrogen) atoms. The average molecular weight is 329 g/mol. The zero-order chi connectivity index (χ0) is 17.2. The molecule has 4 aromatic rings. The molecule has 3 aromatic carbocycles. The molecule has 0 aliphatic heterocycles. The number of aromatic nitrogens is 1. The van der Waals surface area contributed by atoms with Gasteiger partial charge >= 0.3 is 5.97 Å². The predicted molar refractivity (Wildman–Crippen MR) is 101 cm³/mol. The Labute approximate surface area is 146 Å². The normalized spacial score (nSPS) is 11.2. The maximum Gasteiger partial charge on any atom is 0.303 e. The topological polar surface area (TPSA) is 42.2 Å². The zero-order valence-corrected chi connectivity index (χ0v) is 13.9. The molecule has 0 aliphatic carbocycles. The summed E-state index contributed by atoms with van der Waals surface area (Å²) in [4.78, 5) is 10.8. The Morgan fingerprint density at radius 2 is 1.36 bits per heavy atom. The van der Waals surface area contributed by atoms with Crippen LogP contribution in [0.15, 0.2) is 72.8 Å². The van der Waals surface area contributed by atoms with Gasteiger partial charge in [0.25, 0.3) is 0 Å². The molecule has 4 rings (SSSR count). The van der Waals surface area contributed by atoms with Crippen LogP contribution >= 0.6 is 0 Å². The van der Waals surface area contributed by atoms with Crippen molar-refractivity contribution < 1.29 is 9.90 Å². The smallest absolute Gasteiger partial charge is 0.303 e. The van der Waals surface area contributed by atoms with Gasteiger partial charge in [0.15, 0.2) is 0 Å². The lowest BCUT2D eigenvalue weighted by Crippen LogP contribution is -2.01. The Bertz CT molecular complexity index is 1010. The molecule has 0 amide bonds. The van der Waals surface area contributed by atoms with Gasteiger partial charge in [-0.3, -0.25) is 4.79 Å². The number of carboxylic acid groups (broad SMARTS) is 1. The number of rotatable bonds is 5. The minimum absolute atomic E-state index is 0.196. The van der Waals surface area contributed by atoms with Gasteiger partial charge in [0.1, 0.15) is 0 Å². The summed E-state index contributed by atoms with van der Waals surface area (Å²) in [7, 11) is 0. The standard InChI is InChI=1S/C22H19NO2/c24-22(25)15-7-9-16-8-1-4-12-19(16)23-20-13-5-2-10-17(20)18-11-3-6-14-21(18)23/h1-6,8,10-14H,7,9,15H2,(H,24,25). The van der Waals surface area contributed by atoms with Crippen LogP contribution in [0, 0.1) is 0 Å². The Morgan fingerprint density at radius 3 is 2.00 bits per heavy atom. The first-order chi connectivity index (χ1) is 12.3. The third-order valence-corrected chi connectivity index (χ3v) is 4.65. The van der Waals surface area contributed by atoms with Crippen molar-refractivity contribution >= 4 is 27.8 Å². The zero-order valence-electron chi connectivity index (χ0n) is 13.9. The SMILES string of the molecule is O=C(O)CCCc1ccccc1-n1c2ccccc2c2ccccc21. The second-order valence-electron chi connectivity index (χ2n) is 6.25. The molecule has 0 atom stereocenters. The van der Waals surface area contributed by atoms with E-state index < -0.39 is 5.97 Å². The van der Waals surface area contributed by atoms with Crippen LogP contribution < -0.4 is 0 Å². The second kappa shape index (κ2) is 6.44. The van der Waals surface area contributed by atoms with E-state index in [0.717, 1.165) is 12.1 Å². The van der Waals surface area contributed by atoms with Crippen molar-refractivity contribution in [2.75, 3.05) is 0 Å². The predicted octanol–water partition coefficient (Wildman–Crippen LogP) is 5.19. The monoisotopic (exact) mass is 329 g/mol. The van der Waals surface area contributed by atoms with Crippen LogP contribution in [0.5, 0.6) is 0 Å². The first kappa shape index (κ1) is 15.5. The van der Waals surface area contributed by atoms with Gasteiger partial charge in [-0.15, -0.1) is 0 Å². The van der Waals surface area contributed by atoms with E-state index in [1.54, 1.807) is 0 Å². The van der Waals surface area contributed by atoms with Crippen molar-refractivity contribution in [3.05, 3.63) is 78.4 Å². The van der Waals surface area contributed by atoms with E-state index in [9.17, 15) is 4.79 Å². The van der Waals surface area contributed by atoms with E-state index in [-0.39, 0.29) is 6.42 Å². The highest BCUT2D eigenvalue weighted by Crippen LogP contribution is 2.33. The van der Waals surface area contributed by atoms with E-state index in [0.29, 0.717) is 6.42 Å². The number of hydrogen-bond donors (Lipinski definition) is 1. The van der Waals surface area contributed by atoms with Gasteiger partial charge in [-0.05, 0) is 36.6 Å². The third kappa shape index (κ3) is 2.78. The molecular formula is C22H19NO2. The fraction of sp³-hybridized carbons (Fsp3) is 0.136. The Kier molecular flexibility index (Phi) is 3.98. The molecule has 3 heteroatoms. The number of aliphatic carboxylic acids is 1. The largest absolute Gasteiger partial charge is 0.481 e. The Balaban J connectivity index is 1.91. The van der Waals surface area contributed by atoms with Gasteiger partial charge in [0.2, 0.25) is 0 Å².